The number of likely N-dealkylation sites (tertiary alicyclic amines) is 1. The van der Waals surface area contributed by atoms with Gasteiger partial charge >= 0.3 is 5.97 Å². The number of rotatable bonds is 9. The van der Waals surface area contributed by atoms with Crippen molar-refractivity contribution in [2.75, 3.05) is 40.8 Å². The van der Waals surface area contributed by atoms with Gasteiger partial charge in [-0.2, -0.15) is 0 Å². The Morgan fingerprint density at radius 1 is 1.00 bits per heavy atom. The second-order valence-corrected chi connectivity index (χ2v) is 9.10. The molecule has 0 aliphatic carbocycles. The quantitative estimate of drug-likeness (QED) is 0.576. The van der Waals surface area contributed by atoms with Gasteiger partial charge in [-0.15, -0.1) is 0 Å². The van der Waals surface area contributed by atoms with Crippen molar-refractivity contribution in [1.82, 2.24) is 15.1 Å². The lowest BCUT2D eigenvalue weighted by Crippen LogP contribution is -2.60. The minimum atomic E-state index is -1.03. The third-order valence-corrected chi connectivity index (χ3v) is 6.53. The van der Waals surface area contributed by atoms with Gasteiger partial charge in [0.25, 0.3) is 0 Å². The summed E-state index contributed by atoms with van der Waals surface area (Å²) in [6.07, 6.45) is 1.80. The number of ether oxygens (including phenoxy) is 1. The van der Waals surface area contributed by atoms with E-state index in [2.05, 4.69) is 10.2 Å². The topological polar surface area (TPSA) is 79.0 Å². The zero-order valence-electron chi connectivity index (χ0n) is 20.3. The summed E-state index contributed by atoms with van der Waals surface area (Å²) in [6.45, 7) is 1.72. The maximum Gasteiger partial charge on any atom is 0.331 e. The van der Waals surface area contributed by atoms with Crippen molar-refractivity contribution in [3.63, 3.8) is 0 Å². The highest BCUT2D eigenvalue weighted by atomic mass is 16.5. The molecule has 7 nitrogen and oxygen atoms in total. The van der Waals surface area contributed by atoms with E-state index < -0.39 is 11.5 Å². The van der Waals surface area contributed by atoms with Gasteiger partial charge in [-0.25, -0.2) is 4.79 Å². The summed E-state index contributed by atoms with van der Waals surface area (Å²) in [5, 5.41) is 2.98. The van der Waals surface area contributed by atoms with Crippen molar-refractivity contribution in [1.29, 1.82) is 0 Å². The first-order valence-electron chi connectivity index (χ1n) is 11.8. The average Bonchev–Trinajstić information content (AvgIpc) is 2.87. The SMILES string of the molecule is COC(=O)C1(NC(=O)CCc2ccccc2)CCN(CC(C(=O)N(C)C)c2ccccc2)CC1. The molecule has 0 spiro atoms. The van der Waals surface area contributed by atoms with Gasteiger partial charge in [0.1, 0.15) is 5.54 Å². The number of piperidine rings is 1. The molecule has 182 valence electrons. The van der Waals surface area contributed by atoms with E-state index in [1.54, 1.807) is 19.0 Å². The van der Waals surface area contributed by atoms with Crippen molar-refractivity contribution in [2.45, 2.75) is 37.1 Å². The van der Waals surface area contributed by atoms with E-state index in [0.29, 0.717) is 45.3 Å². The van der Waals surface area contributed by atoms with Crippen LogP contribution in [-0.4, -0.2) is 74.0 Å². The molecule has 34 heavy (non-hydrogen) atoms. The van der Waals surface area contributed by atoms with Gasteiger partial charge in [0.05, 0.1) is 13.0 Å². The fourth-order valence-electron chi connectivity index (χ4n) is 4.51. The summed E-state index contributed by atoms with van der Waals surface area (Å²) >= 11 is 0. The zero-order chi connectivity index (χ0) is 24.6. The van der Waals surface area contributed by atoms with E-state index in [1.165, 1.54) is 7.11 Å². The minimum absolute atomic E-state index is 0.0465. The first kappa shape index (κ1) is 25.4. The molecule has 2 amide bonds. The van der Waals surface area contributed by atoms with Gasteiger partial charge in [0.15, 0.2) is 0 Å². The number of hydrogen-bond acceptors (Lipinski definition) is 5. The zero-order valence-corrected chi connectivity index (χ0v) is 20.3. The van der Waals surface area contributed by atoms with Crippen LogP contribution in [0.3, 0.4) is 0 Å². The number of carbonyl (C=O) groups is 3. The van der Waals surface area contributed by atoms with Gasteiger partial charge in [0.2, 0.25) is 11.8 Å². The number of benzene rings is 2. The van der Waals surface area contributed by atoms with E-state index in [4.69, 9.17) is 4.74 Å². The molecular weight excluding hydrogens is 430 g/mol. The van der Waals surface area contributed by atoms with E-state index in [0.717, 1.165) is 11.1 Å². The van der Waals surface area contributed by atoms with Crippen molar-refractivity contribution in [3.05, 3.63) is 71.8 Å². The molecule has 0 aromatic heterocycles. The molecule has 2 aromatic carbocycles. The van der Waals surface area contributed by atoms with Crippen LogP contribution in [0, 0.1) is 0 Å². The minimum Gasteiger partial charge on any atom is -0.467 e. The van der Waals surface area contributed by atoms with E-state index >= 15 is 0 Å². The van der Waals surface area contributed by atoms with Crippen LogP contribution >= 0.6 is 0 Å². The molecule has 1 aliphatic rings. The molecule has 1 heterocycles. The first-order chi connectivity index (χ1) is 16.3. The molecular formula is C27H35N3O4. The lowest BCUT2D eigenvalue weighted by atomic mass is 9.86. The Hall–Kier alpha value is -3.19. The average molecular weight is 466 g/mol. The number of hydrogen-bond donors (Lipinski definition) is 1. The molecule has 1 unspecified atom stereocenters. The summed E-state index contributed by atoms with van der Waals surface area (Å²) in [5.74, 6) is -0.815. The number of nitrogens with zero attached hydrogens (tertiary/aromatic N) is 2. The number of carbonyl (C=O) groups excluding carboxylic acids is 3. The predicted molar refractivity (Wildman–Crippen MR) is 131 cm³/mol. The van der Waals surface area contributed by atoms with Crippen LogP contribution in [0.1, 0.15) is 36.3 Å². The van der Waals surface area contributed by atoms with Gasteiger partial charge in [-0.3, -0.25) is 9.59 Å². The largest absolute Gasteiger partial charge is 0.467 e. The van der Waals surface area contributed by atoms with Crippen molar-refractivity contribution >= 4 is 17.8 Å². The molecule has 1 atom stereocenters. The summed E-state index contributed by atoms with van der Waals surface area (Å²) in [7, 11) is 4.89. The Morgan fingerprint density at radius 2 is 1.59 bits per heavy atom. The Kier molecular flexibility index (Phi) is 8.82. The van der Waals surface area contributed by atoms with E-state index in [1.807, 2.05) is 60.7 Å². The lowest BCUT2D eigenvalue weighted by molar-refractivity contribution is -0.153. The number of aryl methyl sites for hydroxylation is 1. The lowest BCUT2D eigenvalue weighted by Gasteiger charge is -2.41. The molecule has 2 aromatic rings. The number of methoxy groups -OCH3 is 1. The fourth-order valence-corrected chi connectivity index (χ4v) is 4.51. The van der Waals surface area contributed by atoms with Gasteiger partial charge < -0.3 is 19.9 Å². The van der Waals surface area contributed by atoms with Crippen LogP contribution in [0.2, 0.25) is 0 Å². The summed E-state index contributed by atoms with van der Waals surface area (Å²) in [5.41, 5.74) is 1.02. The van der Waals surface area contributed by atoms with E-state index in [9.17, 15) is 14.4 Å². The van der Waals surface area contributed by atoms with Crippen LogP contribution in [0.4, 0.5) is 0 Å². The van der Waals surface area contributed by atoms with Crippen molar-refractivity contribution < 1.29 is 19.1 Å². The van der Waals surface area contributed by atoms with Crippen LogP contribution in [0.15, 0.2) is 60.7 Å². The first-order valence-corrected chi connectivity index (χ1v) is 11.8. The van der Waals surface area contributed by atoms with E-state index in [-0.39, 0.29) is 17.7 Å². The maximum absolute atomic E-state index is 12.9. The number of likely N-dealkylation sites (N-methyl/N-ethyl adjacent to an activating group) is 1. The molecule has 7 heteroatoms. The highest BCUT2D eigenvalue weighted by Gasteiger charge is 2.44. The Labute approximate surface area is 202 Å². The van der Waals surface area contributed by atoms with Crippen LogP contribution in [-0.2, 0) is 25.5 Å². The summed E-state index contributed by atoms with van der Waals surface area (Å²) < 4.78 is 5.08. The van der Waals surface area contributed by atoms with Gasteiger partial charge in [0, 0.05) is 40.2 Å². The fraction of sp³-hybridized carbons (Fsp3) is 0.444. The third-order valence-electron chi connectivity index (χ3n) is 6.53. The second kappa shape index (κ2) is 11.8. The monoisotopic (exact) mass is 465 g/mol. The number of esters is 1. The molecule has 3 rings (SSSR count). The molecule has 1 saturated heterocycles. The predicted octanol–water partition coefficient (Wildman–Crippen LogP) is 2.62. The molecule has 1 N–H and O–H groups in total. The van der Waals surface area contributed by atoms with Gasteiger partial charge in [-0.1, -0.05) is 60.7 Å². The summed E-state index contributed by atoms with van der Waals surface area (Å²) in [4.78, 5) is 42.2. The molecule has 0 saturated carbocycles. The Bertz CT molecular complexity index is 954. The molecule has 0 radical (unpaired) electrons. The summed E-state index contributed by atoms with van der Waals surface area (Å²) in [6, 6.07) is 19.6. The highest BCUT2D eigenvalue weighted by molar-refractivity contribution is 5.88. The number of nitrogens with one attached hydrogen (secondary N) is 1. The van der Waals surface area contributed by atoms with Crippen LogP contribution < -0.4 is 5.32 Å². The third kappa shape index (κ3) is 6.44. The molecule has 0 bridgehead atoms. The van der Waals surface area contributed by atoms with Crippen molar-refractivity contribution in [2.24, 2.45) is 0 Å². The molecule has 1 fully saturated rings. The molecule has 1 aliphatic heterocycles. The highest BCUT2D eigenvalue weighted by Crippen LogP contribution is 2.27. The van der Waals surface area contributed by atoms with Crippen molar-refractivity contribution in [3.8, 4) is 0 Å². The van der Waals surface area contributed by atoms with Crippen LogP contribution in [0.5, 0.6) is 0 Å². The second-order valence-electron chi connectivity index (χ2n) is 9.10. The normalized spacial score (nSPS) is 16.3. The standard InChI is InChI=1S/C27H35N3O4/c1-29(2)25(32)23(22-12-8-5-9-13-22)20-30-18-16-27(17-19-30,26(33)34-3)28-24(31)15-14-21-10-6-4-7-11-21/h4-13,23H,14-20H2,1-3H3,(H,28,31). The van der Waals surface area contributed by atoms with Crippen LogP contribution in [0.25, 0.3) is 0 Å². The maximum atomic E-state index is 12.9. The smallest absolute Gasteiger partial charge is 0.331 e. The number of amides is 2. The van der Waals surface area contributed by atoms with Gasteiger partial charge in [-0.05, 0) is 30.4 Å². The Morgan fingerprint density at radius 3 is 2.15 bits per heavy atom. The Balaban J connectivity index is 1.64.